The monoisotopic (exact) mass is 392 g/mol. The van der Waals surface area contributed by atoms with Crippen LogP contribution in [0.1, 0.15) is 5.56 Å². The van der Waals surface area contributed by atoms with E-state index in [0.717, 1.165) is 14.1 Å². The van der Waals surface area contributed by atoms with Gasteiger partial charge in [0, 0.05) is 20.6 Å². The van der Waals surface area contributed by atoms with Gasteiger partial charge in [0.1, 0.15) is 10.6 Å². The van der Waals surface area contributed by atoms with E-state index in [-0.39, 0.29) is 6.54 Å². The summed E-state index contributed by atoms with van der Waals surface area (Å²) in [5.41, 5.74) is -0.436. The van der Waals surface area contributed by atoms with Crippen LogP contribution < -0.4 is 10.1 Å². The number of hydrogen-bond acceptors (Lipinski definition) is 4. The Morgan fingerprint density at radius 1 is 0.962 bits per heavy atom. The van der Waals surface area contributed by atoms with Crippen LogP contribution in [0.2, 0.25) is 0 Å². The molecule has 2 rings (SSSR count). The molecule has 0 spiro atoms. The number of nitrogens with one attached hydrogen (secondary N) is 1. The van der Waals surface area contributed by atoms with Gasteiger partial charge in [-0.05, 0) is 17.7 Å². The topological polar surface area (TPSA) is 58.6 Å². The predicted octanol–water partition coefficient (Wildman–Crippen LogP) is 3.11. The van der Waals surface area contributed by atoms with E-state index >= 15 is 0 Å². The molecule has 0 heterocycles. The molecular formula is C16H16F4N2O3S. The second kappa shape index (κ2) is 7.50. The van der Waals surface area contributed by atoms with E-state index in [1.807, 2.05) is 0 Å². The molecule has 26 heavy (non-hydrogen) atoms. The molecular weight excluding hydrogens is 376 g/mol. The van der Waals surface area contributed by atoms with Crippen LogP contribution in [0.15, 0.2) is 29.2 Å². The number of ether oxygens (including phenoxy) is 1. The van der Waals surface area contributed by atoms with Crippen molar-refractivity contribution in [3.63, 3.8) is 0 Å². The Morgan fingerprint density at radius 2 is 1.50 bits per heavy atom. The van der Waals surface area contributed by atoms with Gasteiger partial charge in [0.15, 0.2) is 23.3 Å². The third kappa shape index (κ3) is 3.61. The Labute approximate surface area is 148 Å². The summed E-state index contributed by atoms with van der Waals surface area (Å²) in [5, 5.41) is 2.34. The van der Waals surface area contributed by atoms with Gasteiger partial charge >= 0.3 is 0 Å². The van der Waals surface area contributed by atoms with Crippen molar-refractivity contribution in [1.82, 2.24) is 4.31 Å². The summed E-state index contributed by atoms with van der Waals surface area (Å²) in [5.74, 6) is -7.56. The molecule has 0 saturated carbocycles. The highest BCUT2D eigenvalue weighted by molar-refractivity contribution is 7.89. The number of methoxy groups -OCH3 is 1. The molecule has 0 unspecified atom stereocenters. The van der Waals surface area contributed by atoms with Crippen molar-refractivity contribution >= 4 is 15.7 Å². The summed E-state index contributed by atoms with van der Waals surface area (Å²) < 4.78 is 85.5. The number of anilines is 1. The van der Waals surface area contributed by atoms with Gasteiger partial charge in [-0.3, -0.25) is 0 Å². The fraction of sp³-hybridized carbons (Fsp3) is 0.250. The maximum Gasteiger partial charge on any atom is 0.247 e. The van der Waals surface area contributed by atoms with Gasteiger partial charge in [-0.25, -0.2) is 30.3 Å². The zero-order valence-electron chi connectivity index (χ0n) is 14.1. The van der Waals surface area contributed by atoms with Crippen LogP contribution in [-0.2, 0) is 16.6 Å². The first-order chi connectivity index (χ1) is 12.1. The van der Waals surface area contributed by atoms with Crippen LogP contribution in [0.5, 0.6) is 5.75 Å². The van der Waals surface area contributed by atoms with E-state index in [4.69, 9.17) is 4.74 Å². The minimum Gasteiger partial charge on any atom is -0.497 e. The number of nitrogens with zero attached hydrogens (tertiary/aromatic N) is 1. The van der Waals surface area contributed by atoms with E-state index in [9.17, 15) is 26.0 Å². The Kier molecular flexibility index (Phi) is 5.77. The third-order valence-electron chi connectivity index (χ3n) is 3.59. The molecule has 0 fully saturated rings. The lowest BCUT2D eigenvalue weighted by Crippen LogP contribution is -2.26. The largest absolute Gasteiger partial charge is 0.497 e. The predicted molar refractivity (Wildman–Crippen MR) is 87.5 cm³/mol. The number of halogens is 4. The minimum atomic E-state index is -4.59. The second-order valence-electron chi connectivity index (χ2n) is 5.45. The number of rotatable bonds is 6. The summed E-state index contributed by atoms with van der Waals surface area (Å²) in [4.78, 5) is -1.30. The second-order valence-corrected chi connectivity index (χ2v) is 7.54. The third-order valence-corrected chi connectivity index (χ3v) is 5.45. The molecule has 0 aliphatic carbocycles. The average Bonchev–Trinajstić information content (AvgIpc) is 2.61. The molecule has 0 bridgehead atoms. The van der Waals surface area contributed by atoms with Crippen LogP contribution in [-0.4, -0.2) is 33.9 Å². The van der Waals surface area contributed by atoms with Crippen LogP contribution >= 0.6 is 0 Å². The number of hydrogen-bond donors (Lipinski definition) is 1. The zero-order valence-corrected chi connectivity index (χ0v) is 14.9. The van der Waals surface area contributed by atoms with E-state index in [2.05, 4.69) is 5.32 Å². The highest BCUT2D eigenvalue weighted by Gasteiger charge is 2.34. The van der Waals surface area contributed by atoms with E-state index < -0.39 is 43.9 Å². The Balaban J connectivity index is 2.52. The fourth-order valence-electron chi connectivity index (χ4n) is 2.13. The first kappa shape index (κ1) is 20.0. The highest BCUT2D eigenvalue weighted by Crippen LogP contribution is 2.33. The molecule has 0 atom stereocenters. The molecule has 0 amide bonds. The van der Waals surface area contributed by atoms with Crippen molar-refractivity contribution in [2.45, 2.75) is 11.4 Å². The lowest BCUT2D eigenvalue weighted by Gasteiger charge is -2.18. The van der Waals surface area contributed by atoms with Crippen LogP contribution in [0, 0.1) is 23.3 Å². The Bertz CT molecular complexity index is 916. The summed E-state index contributed by atoms with van der Waals surface area (Å²) in [6, 6.07) is 6.35. The minimum absolute atomic E-state index is 0.165. The molecule has 0 aliphatic heterocycles. The Morgan fingerprint density at radius 3 is 2.00 bits per heavy atom. The van der Waals surface area contributed by atoms with Crippen molar-refractivity contribution in [2.24, 2.45) is 0 Å². The highest BCUT2D eigenvalue weighted by atomic mass is 32.2. The lowest BCUT2D eigenvalue weighted by molar-refractivity contribution is 0.396. The molecule has 5 nitrogen and oxygen atoms in total. The first-order valence-corrected chi connectivity index (χ1v) is 8.70. The Hall–Kier alpha value is -2.33. The van der Waals surface area contributed by atoms with Crippen molar-refractivity contribution in [2.75, 3.05) is 26.5 Å². The summed E-state index contributed by atoms with van der Waals surface area (Å²) in [6.45, 7) is -0.165. The van der Waals surface area contributed by atoms with Gasteiger partial charge in [-0.1, -0.05) is 12.1 Å². The first-order valence-electron chi connectivity index (χ1n) is 7.26. The summed E-state index contributed by atoms with van der Waals surface area (Å²) >= 11 is 0. The van der Waals surface area contributed by atoms with Crippen LogP contribution in [0.25, 0.3) is 0 Å². The molecule has 142 valence electrons. The lowest BCUT2D eigenvalue weighted by atomic mass is 10.2. The van der Waals surface area contributed by atoms with E-state index in [1.165, 1.54) is 7.11 Å². The van der Waals surface area contributed by atoms with Crippen molar-refractivity contribution in [3.05, 3.63) is 53.1 Å². The molecule has 2 aromatic carbocycles. The maximum absolute atomic E-state index is 14.2. The van der Waals surface area contributed by atoms with Crippen molar-refractivity contribution in [3.8, 4) is 5.75 Å². The van der Waals surface area contributed by atoms with Gasteiger partial charge in [-0.15, -0.1) is 0 Å². The number of benzene rings is 2. The van der Waals surface area contributed by atoms with Crippen LogP contribution in [0.3, 0.4) is 0 Å². The molecule has 1 N–H and O–H groups in total. The quantitative estimate of drug-likeness (QED) is 0.466. The van der Waals surface area contributed by atoms with E-state index in [1.54, 1.807) is 24.3 Å². The number of sulfonamides is 1. The van der Waals surface area contributed by atoms with Crippen molar-refractivity contribution in [1.29, 1.82) is 0 Å². The van der Waals surface area contributed by atoms with Crippen LogP contribution in [0.4, 0.5) is 23.2 Å². The van der Waals surface area contributed by atoms with Gasteiger partial charge in [-0.2, -0.15) is 0 Å². The molecule has 0 saturated heterocycles. The molecule has 0 aliphatic rings. The maximum atomic E-state index is 14.2. The van der Waals surface area contributed by atoms with Gasteiger partial charge in [0.25, 0.3) is 0 Å². The SMILES string of the molecule is COc1ccc(CNc2c(F)c(F)c(F)c(F)c2S(=O)(=O)N(C)C)cc1. The average molecular weight is 392 g/mol. The smallest absolute Gasteiger partial charge is 0.247 e. The van der Waals surface area contributed by atoms with Crippen molar-refractivity contribution < 1.29 is 30.7 Å². The molecule has 2 aromatic rings. The van der Waals surface area contributed by atoms with Gasteiger partial charge < -0.3 is 10.1 Å². The molecule has 10 heteroatoms. The zero-order chi connectivity index (χ0) is 19.6. The van der Waals surface area contributed by atoms with E-state index in [0.29, 0.717) is 15.6 Å². The summed E-state index contributed by atoms with van der Waals surface area (Å²) in [7, 11) is -1.01. The fourth-order valence-corrected chi connectivity index (χ4v) is 3.23. The molecule has 0 radical (unpaired) electrons. The van der Waals surface area contributed by atoms with Gasteiger partial charge in [0.05, 0.1) is 12.8 Å². The standard InChI is InChI=1S/C16H16F4N2O3S/c1-22(2)26(23,24)16-14(20)12(18)11(17)13(19)15(16)21-8-9-4-6-10(25-3)7-5-9/h4-7,21H,8H2,1-3H3. The molecule has 0 aromatic heterocycles. The summed E-state index contributed by atoms with van der Waals surface area (Å²) in [6.07, 6.45) is 0. The normalized spacial score (nSPS) is 11.7. The van der Waals surface area contributed by atoms with Gasteiger partial charge in [0.2, 0.25) is 10.0 Å².